The summed E-state index contributed by atoms with van der Waals surface area (Å²) in [6.07, 6.45) is 0. The molecule has 1 rings (SSSR count). The molecule has 4 N–H and O–H groups in total. The molecular weight excluding hydrogens is 250 g/mol. The minimum Gasteiger partial charge on any atom is -0.504 e. The molecule has 17 heavy (non-hydrogen) atoms. The molecular formula is C10H12ClNO5. The summed E-state index contributed by atoms with van der Waals surface area (Å²) in [6.45, 7) is 2.01. The smallest absolute Gasteiger partial charge is 0.340 e. The highest BCUT2D eigenvalue weighted by Crippen LogP contribution is 2.31. The van der Waals surface area contributed by atoms with Crippen LogP contribution in [0.2, 0.25) is 0 Å². The van der Waals surface area contributed by atoms with E-state index in [1.165, 1.54) is 0 Å². The van der Waals surface area contributed by atoms with E-state index in [1.54, 1.807) is 6.92 Å². The summed E-state index contributed by atoms with van der Waals surface area (Å²) in [6, 6.07) is 2.20. The highest BCUT2D eigenvalue weighted by molar-refractivity contribution is 6.07. The van der Waals surface area contributed by atoms with Gasteiger partial charge in [0, 0.05) is 6.54 Å². The number of rotatable bonds is 3. The van der Waals surface area contributed by atoms with Gasteiger partial charge < -0.3 is 20.6 Å². The number of halogens is 1. The van der Waals surface area contributed by atoms with Gasteiger partial charge in [-0.25, -0.2) is 4.79 Å². The van der Waals surface area contributed by atoms with E-state index < -0.39 is 28.9 Å². The first kappa shape index (κ1) is 15.0. The predicted molar refractivity (Wildman–Crippen MR) is 62.0 cm³/mol. The van der Waals surface area contributed by atoms with E-state index in [2.05, 4.69) is 5.32 Å². The number of aromatic carboxylic acids is 1. The lowest BCUT2D eigenvalue weighted by molar-refractivity contribution is 0.0687. The molecule has 1 amide bonds. The molecule has 0 atom stereocenters. The molecule has 0 unspecified atom stereocenters. The zero-order chi connectivity index (χ0) is 12.3. The fourth-order valence-electron chi connectivity index (χ4n) is 1.24. The number of carbonyl (C=O) groups excluding carboxylic acids is 1. The molecule has 0 heterocycles. The van der Waals surface area contributed by atoms with Crippen LogP contribution in [0.1, 0.15) is 27.6 Å². The zero-order valence-electron chi connectivity index (χ0n) is 8.93. The van der Waals surface area contributed by atoms with Crippen molar-refractivity contribution in [2.45, 2.75) is 6.92 Å². The van der Waals surface area contributed by atoms with Crippen molar-refractivity contribution in [3.8, 4) is 11.5 Å². The van der Waals surface area contributed by atoms with Gasteiger partial charge in [-0.15, -0.1) is 12.4 Å². The fourth-order valence-corrected chi connectivity index (χ4v) is 1.24. The molecule has 1 aromatic rings. The second kappa shape index (κ2) is 5.95. The van der Waals surface area contributed by atoms with Crippen LogP contribution < -0.4 is 5.32 Å². The minimum absolute atomic E-state index is 0. The normalized spacial score (nSPS) is 9.24. The molecule has 94 valence electrons. The van der Waals surface area contributed by atoms with Crippen LogP contribution in [0.25, 0.3) is 0 Å². The Hall–Kier alpha value is -1.95. The van der Waals surface area contributed by atoms with Crippen molar-refractivity contribution in [1.29, 1.82) is 0 Å². The number of hydrogen-bond acceptors (Lipinski definition) is 4. The number of carboxylic acids is 1. The highest BCUT2D eigenvalue weighted by atomic mass is 35.5. The Kier molecular flexibility index (Phi) is 5.27. The molecule has 0 aromatic heterocycles. The summed E-state index contributed by atoms with van der Waals surface area (Å²) in [7, 11) is 0. The Morgan fingerprint density at radius 3 is 2.35 bits per heavy atom. The van der Waals surface area contributed by atoms with Gasteiger partial charge in [0.05, 0.1) is 5.56 Å². The van der Waals surface area contributed by atoms with Gasteiger partial charge in [0.25, 0.3) is 5.91 Å². The van der Waals surface area contributed by atoms with E-state index >= 15 is 0 Å². The first-order valence-corrected chi connectivity index (χ1v) is 4.55. The van der Waals surface area contributed by atoms with Crippen molar-refractivity contribution in [2.24, 2.45) is 0 Å². The third-order valence-corrected chi connectivity index (χ3v) is 1.95. The number of nitrogens with one attached hydrogen (secondary N) is 1. The Labute approximate surface area is 103 Å². The maximum Gasteiger partial charge on any atom is 0.340 e. The first-order chi connectivity index (χ1) is 7.49. The zero-order valence-corrected chi connectivity index (χ0v) is 9.74. The number of carbonyl (C=O) groups is 2. The molecule has 1 aromatic carbocycles. The summed E-state index contributed by atoms with van der Waals surface area (Å²) in [5.74, 6) is -3.48. The van der Waals surface area contributed by atoms with Crippen molar-refractivity contribution >= 4 is 24.3 Å². The van der Waals surface area contributed by atoms with Crippen molar-refractivity contribution in [3.63, 3.8) is 0 Å². The lowest BCUT2D eigenvalue weighted by atomic mass is 10.0. The van der Waals surface area contributed by atoms with Crippen molar-refractivity contribution in [1.82, 2.24) is 5.32 Å². The van der Waals surface area contributed by atoms with Crippen molar-refractivity contribution in [3.05, 3.63) is 23.3 Å². The van der Waals surface area contributed by atoms with Crippen LogP contribution >= 0.6 is 12.4 Å². The van der Waals surface area contributed by atoms with E-state index in [0.29, 0.717) is 6.54 Å². The minimum atomic E-state index is -1.48. The maximum atomic E-state index is 11.5. The van der Waals surface area contributed by atoms with E-state index in [0.717, 1.165) is 12.1 Å². The number of amides is 1. The number of phenols is 2. The van der Waals surface area contributed by atoms with E-state index in [1.807, 2.05) is 0 Å². The van der Waals surface area contributed by atoms with E-state index in [4.69, 9.17) is 10.2 Å². The van der Waals surface area contributed by atoms with Gasteiger partial charge in [-0.1, -0.05) is 0 Å². The number of hydrogen-bond donors (Lipinski definition) is 4. The molecule has 0 aliphatic heterocycles. The third-order valence-electron chi connectivity index (χ3n) is 1.95. The number of carboxylic acid groups (broad SMARTS) is 1. The topological polar surface area (TPSA) is 107 Å². The Morgan fingerprint density at radius 1 is 1.29 bits per heavy atom. The van der Waals surface area contributed by atoms with Crippen molar-refractivity contribution in [2.75, 3.05) is 6.54 Å². The van der Waals surface area contributed by atoms with Gasteiger partial charge in [-0.05, 0) is 19.1 Å². The Balaban J connectivity index is 0.00000256. The van der Waals surface area contributed by atoms with Crippen LogP contribution in [0.3, 0.4) is 0 Å². The fraction of sp³-hybridized carbons (Fsp3) is 0.200. The second-order valence-corrected chi connectivity index (χ2v) is 3.02. The SMILES string of the molecule is CCNC(=O)c1ccc(O)c(O)c1C(=O)O.Cl. The van der Waals surface area contributed by atoms with Crippen LogP contribution in [0.5, 0.6) is 11.5 Å². The summed E-state index contributed by atoms with van der Waals surface area (Å²) in [5.41, 5.74) is -0.796. The molecule has 0 saturated carbocycles. The molecule has 7 heteroatoms. The van der Waals surface area contributed by atoms with E-state index in [-0.39, 0.29) is 18.0 Å². The molecule has 0 saturated heterocycles. The molecule has 0 radical (unpaired) electrons. The van der Waals surface area contributed by atoms with Crippen LogP contribution in [0.15, 0.2) is 12.1 Å². The summed E-state index contributed by atoms with van der Waals surface area (Å²) in [4.78, 5) is 22.3. The van der Waals surface area contributed by atoms with Crippen LogP contribution in [-0.4, -0.2) is 33.7 Å². The number of aromatic hydroxyl groups is 2. The van der Waals surface area contributed by atoms with Gasteiger partial charge >= 0.3 is 5.97 Å². The van der Waals surface area contributed by atoms with Gasteiger partial charge in [-0.2, -0.15) is 0 Å². The maximum absolute atomic E-state index is 11.5. The molecule has 0 spiro atoms. The van der Waals surface area contributed by atoms with E-state index in [9.17, 15) is 14.7 Å². The number of phenolic OH excluding ortho intramolecular Hbond substituents is 1. The molecule has 6 nitrogen and oxygen atoms in total. The summed E-state index contributed by atoms with van der Waals surface area (Å²) in [5, 5.41) is 29.7. The summed E-state index contributed by atoms with van der Waals surface area (Å²) >= 11 is 0. The van der Waals surface area contributed by atoms with Gasteiger partial charge in [0.1, 0.15) is 5.56 Å². The predicted octanol–water partition coefficient (Wildman–Crippen LogP) is 0.967. The Bertz CT molecular complexity index is 447. The van der Waals surface area contributed by atoms with Crippen LogP contribution in [0.4, 0.5) is 0 Å². The average Bonchev–Trinajstić information content (AvgIpc) is 2.21. The Morgan fingerprint density at radius 2 is 1.88 bits per heavy atom. The lowest BCUT2D eigenvalue weighted by Gasteiger charge is -2.08. The molecule has 0 fully saturated rings. The highest BCUT2D eigenvalue weighted by Gasteiger charge is 2.22. The lowest BCUT2D eigenvalue weighted by Crippen LogP contribution is -2.24. The van der Waals surface area contributed by atoms with Crippen LogP contribution in [-0.2, 0) is 0 Å². The third kappa shape index (κ3) is 3.01. The average molecular weight is 262 g/mol. The summed E-state index contributed by atoms with van der Waals surface area (Å²) < 4.78 is 0. The van der Waals surface area contributed by atoms with Gasteiger partial charge in [-0.3, -0.25) is 4.79 Å². The van der Waals surface area contributed by atoms with Crippen LogP contribution in [0, 0.1) is 0 Å². The first-order valence-electron chi connectivity index (χ1n) is 4.55. The molecule has 0 aliphatic carbocycles. The standard InChI is InChI=1S/C10H11NO5.ClH/c1-2-11-9(14)5-3-4-6(12)8(13)7(5)10(15)16;/h3-4,12-13H,2H2,1H3,(H,11,14)(H,15,16);1H. The van der Waals surface area contributed by atoms with Gasteiger partial charge in [0.15, 0.2) is 11.5 Å². The molecule has 0 bridgehead atoms. The van der Waals surface area contributed by atoms with Gasteiger partial charge in [0.2, 0.25) is 0 Å². The quantitative estimate of drug-likeness (QED) is 0.607. The monoisotopic (exact) mass is 261 g/mol. The second-order valence-electron chi connectivity index (χ2n) is 3.02. The number of benzene rings is 1. The van der Waals surface area contributed by atoms with Crippen molar-refractivity contribution < 1.29 is 24.9 Å². The largest absolute Gasteiger partial charge is 0.504 e. The molecule has 0 aliphatic rings.